The van der Waals surface area contributed by atoms with Gasteiger partial charge in [-0.2, -0.15) is 8.42 Å². The molecule has 0 aromatic rings. The van der Waals surface area contributed by atoms with E-state index in [0.29, 0.717) is 0 Å². The molecule has 0 spiro atoms. The molecule has 0 unspecified atom stereocenters. The van der Waals surface area contributed by atoms with Crippen molar-refractivity contribution in [2.75, 3.05) is 0 Å². The molecule has 0 fully saturated rings. The molecule has 0 atom stereocenters. The van der Waals surface area contributed by atoms with Crippen molar-refractivity contribution in [3.63, 3.8) is 0 Å². The summed E-state index contributed by atoms with van der Waals surface area (Å²) in [6.07, 6.45) is 0. The summed E-state index contributed by atoms with van der Waals surface area (Å²) in [5.41, 5.74) is 0. The first-order valence-corrected chi connectivity index (χ1v) is 1.82. The minimum Gasteiger partial charge on any atom is -0.220 e. The Morgan fingerprint density at radius 3 is 1.50 bits per heavy atom. The molecule has 5 heteroatoms. The smallest absolute Gasteiger partial charge is 0.220 e. The Balaban J connectivity index is 0. The van der Waals surface area contributed by atoms with E-state index in [0.717, 1.165) is 5.23 Å². The summed E-state index contributed by atoms with van der Waals surface area (Å²) in [4.78, 5) is 8.50. The van der Waals surface area contributed by atoms with Gasteiger partial charge in [0.15, 0.2) is 0 Å². The van der Waals surface area contributed by atoms with Crippen molar-refractivity contribution in [3.05, 3.63) is 0 Å². The Morgan fingerprint density at radius 2 is 1.50 bits per heavy atom. The van der Waals surface area contributed by atoms with Gasteiger partial charge < -0.3 is 0 Å². The Labute approximate surface area is 43.0 Å². The first-order valence-electron chi connectivity index (χ1n) is 0.742. The fourth-order valence-corrected chi connectivity index (χ4v) is 0. The largest absolute Gasteiger partial charge is 0.335 e. The van der Waals surface area contributed by atoms with Crippen molar-refractivity contribution in [2.45, 2.75) is 0 Å². The molecular weight excluding hydrogens is 124 g/mol. The van der Waals surface area contributed by atoms with Gasteiger partial charge in [-0.15, -0.1) is 0 Å². The molecule has 0 amide bonds. The monoisotopic (exact) mass is 124 g/mol. The van der Waals surface area contributed by atoms with Crippen LogP contribution in [0.5, 0.6) is 0 Å². The summed E-state index contributed by atoms with van der Waals surface area (Å²) in [5, 5.41) is 1.08. The summed E-state index contributed by atoms with van der Waals surface area (Å²) in [6.45, 7) is 0. The maximum absolute atomic E-state index is 8.50. The first kappa shape index (κ1) is 9.15. The summed E-state index contributed by atoms with van der Waals surface area (Å²) in [5.74, 6) is 0. The average molecular weight is 124 g/mol. The molecule has 0 aliphatic heterocycles. The minimum absolute atomic E-state index is 0.750. The molecular formula is CO3S2. The molecule has 0 heterocycles. The van der Waals surface area contributed by atoms with Crippen molar-refractivity contribution in [2.24, 2.45) is 0 Å². The Hall–Kier alpha value is -0.380. The summed E-state index contributed by atoms with van der Waals surface area (Å²) in [7, 11) is 0. The van der Waals surface area contributed by atoms with Crippen LogP contribution in [-0.4, -0.2) is 13.7 Å². The average Bonchev–Trinajstić information content (AvgIpc) is 1.39. The van der Waals surface area contributed by atoms with E-state index < -0.39 is 11.6 Å². The van der Waals surface area contributed by atoms with E-state index in [4.69, 9.17) is 13.2 Å². The van der Waals surface area contributed by atoms with E-state index in [9.17, 15) is 0 Å². The van der Waals surface area contributed by atoms with E-state index in [-0.39, 0.29) is 0 Å². The van der Waals surface area contributed by atoms with E-state index in [1.54, 1.807) is 0 Å². The molecule has 0 aromatic heterocycles. The summed E-state index contributed by atoms with van der Waals surface area (Å²) < 4.78 is 16.6. The van der Waals surface area contributed by atoms with Crippen LogP contribution >= 0.6 is 12.2 Å². The Kier molecular flexibility index (Phi) is 35.2. The number of carbonyl (C=O) groups excluding carboxylic acids is 1. The highest BCUT2D eigenvalue weighted by Crippen LogP contribution is 1.14. The molecule has 0 rings (SSSR count). The van der Waals surface area contributed by atoms with Crippen LogP contribution < -0.4 is 0 Å². The number of thiocarbonyl (C=S) groups is 1. The third kappa shape index (κ3) is 172. The predicted octanol–water partition coefficient (Wildman–Crippen LogP) is -0.419. The number of hydrogen-bond donors (Lipinski definition) is 0. The van der Waals surface area contributed by atoms with Gasteiger partial charge in [-0.3, -0.25) is 0 Å². The lowest BCUT2D eigenvalue weighted by molar-refractivity contribution is 0.572. The second kappa shape index (κ2) is 23.1. The van der Waals surface area contributed by atoms with Crippen LogP contribution in [0.2, 0.25) is 0 Å². The van der Waals surface area contributed by atoms with E-state index in [2.05, 4.69) is 12.2 Å². The minimum atomic E-state index is -0.750. The van der Waals surface area contributed by atoms with Gasteiger partial charge >= 0.3 is 11.6 Å². The Bertz CT molecular complexity index is 62.8. The van der Waals surface area contributed by atoms with Gasteiger partial charge in [0.25, 0.3) is 0 Å². The maximum atomic E-state index is 8.50. The third-order valence-electron chi connectivity index (χ3n) is 0. The standard InChI is InChI=1S/COS.O2S/c2-1-3;1-3-2. The highest BCUT2D eigenvalue weighted by molar-refractivity contribution is 7.78. The quantitative estimate of drug-likeness (QED) is 0.411. The second-order valence-electron chi connectivity index (χ2n) is 0.151. The van der Waals surface area contributed by atoms with Crippen LogP contribution in [0, 0.1) is 0 Å². The van der Waals surface area contributed by atoms with Crippen molar-refractivity contribution in [3.8, 4) is 0 Å². The van der Waals surface area contributed by atoms with Crippen LogP contribution in [0.3, 0.4) is 0 Å². The zero-order valence-corrected chi connectivity index (χ0v) is 4.17. The number of rotatable bonds is 0. The first-order chi connectivity index (χ1) is 2.83. The molecule has 0 N–H and O–H groups in total. The van der Waals surface area contributed by atoms with Crippen molar-refractivity contribution >= 4 is 29.0 Å². The highest BCUT2D eigenvalue weighted by atomic mass is 32.1. The van der Waals surface area contributed by atoms with Gasteiger partial charge in [-0.1, -0.05) is 0 Å². The van der Waals surface area contributed by atoms with Crippen LogP contribution in [-0.2, 0) is 16.4 Å². The molecule has 0 bridgehead atoms. The van der Waals surface area contributed by atoms with Gasteiger partial charge in [-0.25, -0.2) is 4.79 Å². The molecule has 0 aliphatic carbocycles. The summed E-state index contributed by atoms with van der Waals surface area (Å²) >= 11 is 2.84. The topological polar surface area (TPSA) is 51.2 Å². The molecule has 34 valence electrons. The van der Waals surface area contributed by atoms with Gasteiger partial charge in [0.1, 0.15) is 0 Å². The SMILES string of the molecule is O=C=S.O=S=O. The van der Waals surface area contributed by atoms with Crippen molar-refractivity contribution in [1.29, 1.82) is 0 Å². The van der Waals surface area contributed by atoms with Crippen molar-refractivity contribution < 1.29 is 13.2 Å². The number of hydrogen-bond acceptors (Lipinski definition) is 4. The van der Waals surface area contributed by atoms with Crippen LogP contribution in [0.15, 0.2) is 0 Å². The molecule has 0 saturated carbocycles. The lowest BCUT2D eigenvalue weighted by Crippen LogP contribution is -1.18. The lowest BCUT2D eigenvalue weighted by Gasteiger charge is -0.970. The third-order valence-corrected chi connectivity index (χ3v) is 0. The summed E-state index contributed by atoms with van der Waals surface area (Å²) in [6, 6.07) is 0. The van der Waals surface area contributed by atoms with E-state index in [1.165, 1.54) is 0 Å². The molecule has 0 aromatic carbocycles. The second-order valence-corrected chi connectivity index (χ2v) is 0.454. The normalized spacial score (nSPS) is 3.33. The predicted molar refractivity (Wildman–Crippen MR) is 22.2 cm³/mol. The molecule has 0 aliphatic rings. The van der Waals surface area contributed by atoms with Crippen LogP contribution in [0.4, 0.5) is 0 Å². The molecule has 6 heavy (non-hydrogen) atoms. The molecule has 3 nitrogen and oxygen atoms in total. The lowest BCUT2D eigenvalue weighted by atomic mass is 11.9. The molecule has 0 saturated heterocycles. The van der Waals surface area contributed by atoms with Gasteiger partial charge in [0.05, 0.1) is 0 Å². The fourth-order valence-electron chi connectivity index (χ4n) is 0. The van der Waals surface area contributed by atoms with Crippen molar-refractivity contribution in [1.82, 2.24) is 0 Å². The van der Waals surface area contributed by atoms with Gasteiger partial charge in [0.2, 0.25) is 5.23 Å². The van der Waals surface area contributed by atoms with Crippen LogP contribution in [0.25, 0.3) is 0 Å². The Morgan fingerprint density at radius 1 is 1.50 bits per heavy atom. The maximum Gasteiger partial charge on any atom is 0.335 e. The molecule has 0 radical (unpaired) electrons. The highest BCUT2D eigenvalue weighted by Gasteiger charge is 1.12. The van der Waals surface area contributed by atoms with Gasteiger partial charge in [-0.05, 0) is 0 Å². The van der Waals surface area contributed by atoms with Gasteiger partial charge in [0, 0.05) is 12.2 Å². The zero-order valence-electron chi connectivity index (χ0n) is 2.54. The van der Waals surface area contributed by atoms with E-state index >= 15 is 0 Å². The zero-order chi connectivity index (χ0) is 5.41. The fraction of sp³-hybridized carbons (Fsp3) is 0. The van der Waals surface area contributed by atoms with Crippen LogP contribution in [0.1, 0.15) is 0 Å². The van der Waals surface area contributed by atoms with E-state index in [1.807, 2.05) is 0 Å².